The van der Waals surface area contributed by atoms with Crippen LogP contribution in [0.3, 0.4) is 0 Å². The van der Waals surface area contributed by atoms with Crippen LogP contribution < -0.4 is 10.6 Å². The largest absolute Gasteiger partial charge is 0.460 e. The summed E-state index contributed by atoms with van der Waals surface area (Å²) in [5.74, 6) is -1.81. The maximum Gasteiger partial charge on any atom is 0.308 e. The maximum absolute atomic E-state index is 13.0. The third kappa shape index (κ3) is 7.62. The van der Waals surface area contributed by atoms with Crippen LogP contribution in [0.2, 0.25) is 0 Å². The van der Waals surface area contributed by atoms with Crippen LogP contribution in [0.5, 0.6) is 0 Å². The van der Waals surface area contributed by atoms with Crippen LogP contribution in [0.4, 0.5) is 0 Å². The van der Waals surface area contributed by atoms with Crippen molar-refractivity contribution in [1.82, 2.24) is 10.6 Å². The number of esters is 1. The van der Waals surface area contributed by atoms with Crippen molar-refractivity contribution in [3.8, 4) is 0 Å². The van der Waals surface area contributed by atoms with E-state index in [1.165, 1.54) is 6.92 Å². The third-order valence-corrected chi connectivity index (χ3v) is 5.91. The number of ether oxygens (including phenoxy) is 1. The monoisotopic (exact) mass is 509 g/mol. The van der Waals surface area contributed by atoms with Gasteiger partial charge >= 0.3 is 5.97 Å². The Morgan fingerprint density at radius 3 is 2.35 bits per heavy atom. The molecule has 1 heterocycles. The number of hydrogen-bond donors (Lipinski definition) is 2. The number of rotatable bonds is 9. The normalized spacial score (nSPS) is 16.9. The molecular weight excluding hydrogens is 474 g/mol. The first-order valence-corrected chi connectivity index (χ1v) is 12.4. The van der Waals surface area contributed by atoms with Gasteiger partial charge in [0.2, 0.25) is 6.10 Å². The highest BCUT2D eigenvalue weighted by molar-refractivity contribution is 6.03. The Morgan fingerprint density at radius 1 is 1.05 bits per heavy atom. The van der Waals surface area contributed by atoms with Crippen molar-refractivity contribution in [2.45, 2.75) is 78.2 Å². The summed E-state index contributed by atoms with van der Waals surface area (Å²) in [6, 6.07) is 11.8. The fraction of sp³-hybridized carbons (Fsp3) is 0.464. The van der Waals surface area contributed by atoms with Gasteiger partial charge < -0.3 is 20.2 Å². The number of oxime groups is 1. The summed E-state index contributed by atoms with van der Waals surface area (Å²) in [5, 5.41) is 11.7. The van der Waals surface area contributed by atoms with Crippen molar-refractivity contribution in [1.29, 1.82) is 0 Å². The van der Waals surface area contributed by atoms with Gasteiger partial charge in [-0.05, 0) is 56.5 Å². The van der Waals surface area contributed by atoms with E-state index in [0.717, 1.165) is 10.8 Å². The number of nitrogens with one attached hydrogen (secondary N) is 2. The van der Waals surface area contributed by atoms with Gasteiger partial charge in [0.25, 0.3) is 11.8 Å². The first-order chi connectivity index (χ1) is 17.3. The van der Waals surface area contributed by atoms with Crippen molar-refractivity contribution < 1.29 is 28.8 Å². The van der Waals surface area contributed by atoms with Gasteiger partial charge in [-0.2, -0.15) is 0 Å². The van der Waals surface area contributed by atoms with E-state index >= 15 is 0 Å². The van der Waals surface area contributed by atoms with Crippen LogP contribution >= 0.6 is 0 Å². The maximum atomic E-state index is 13.0. The van der Waals surface area contributed by atoms with Crippen LogP contribution in [0.15, 0.2) is 47.6 Å². The summed E-state index contributed by atoms with van der Waals surface area (Å²) < 4.78 is 5.26. The Bertz CT molecular complexity index is 1210. The van der Waals surface area contributed by atoms with Gasteiger partial charge in [0.05, 0.1) is 24.2 Å². The zero-order valence-corrected chi connectivity index (χ0v) is 22.2. The van der Waals surface area contributed by atoms with Gasteiger partial charge in [0.1, 0.15) is 5.60 Å². The molecule has 2 aromatic rings. The second-order valence-electron chi connectivity index (χ2n) is 10.6. The molecule has 9 heteroatoms. The standard InChI is InChI=1S/C28H35N3O6/c1-16(2)25(30-26(34)20-12-11-18-9-7-8-10-19(18)13-20)22-14-23(37-31-22)27(35)29-21(17(3)32)15-24(33)36-28(4,5)6/h7-13,16,21,23,25H,14-15H2,1-6H3,(H,29,35)(H,30,34)/t21-,23?,25-/m0/s1. The van der Waals surface area contributed by atoms with Gasteiger partial charge in [-0.15, -0.1) is 0 Å². The SMILES string of the molecule is CC(=O)[C@H](CC(=O)OC(C)(C)C)NC(=O)C1CC([C@@H](NC(=O)c2ccc3ccccc3c2)C(C)C)=NO1. The van der Waals surface area contributed by atoms with Crippen molar-refractivity contribution in [3.05, 3.63) is 48.0 Å². The minimum absolute atomic E-state index is 0.0225. The van der Waals surface area contributed by atoms with E-state index in [4.69, 9.17) is 9.57 Å². The zero-order valence-electron chi connectivity index (χ0n) is 22.2. The molecule has 1 aliphatic heterocycles. The van der Waals surface area contributed by atoms with E-state index in [-0.39, 0.29) is 30.4 Å². The molecule has 9 nitrogen and oxygen atoms in total. The topological polar surface area (TPSA) is 123 Å². The molecule has 0 radical (unpaired) electrons. The Balaban J connectivity index is 1.62. The molecule has 3 rings (SSSR count). The minimum atomic E-state index is -1.04. The number of ketones is 1. The predicted molar refractivity (Wildman–Crippen MR) is 140 cm³/mol. The van der Waals surface area contributed by atoms with Crippen LogP contribution in [0.1, 0.15) is 64.7 Å². The molecule has 1 unspecified atom stereocenters. The van der Waals surface area contributed by atoms with Crippen molar-refractivity contribution >= 4 is 40.1 Å². The van der Waals surface area contributed by atoms with Gasteiger partial charge in [0.15, 0.2) is 5.78 Å². The quantitative estimate of drug-likeness (QED) is 0.499. The average molecular weight is 510 g/mol. The Morgan fingerprint density at radius 2 is 1.73 bits per heavy atom. The van der Waals surface area contributed by atoms with E-state index in [0.29, 0.717) is 11.3 Å². The zero-order chi connectivity index (χ0) is 27.3. The molecule has 2 N–H and O–H groups in total. The molecular formula is C28H35N3O6. The Hall–Kier alpha value is -3.75. The number of hydrogen-bond acceptors (Lipinski definition) is 7. The van der Waals surface area contributed by atoms with Gasteiger partial charge in [-0.3, -0.25) is 19.2 Å². The summed E-state index contributed by atoms with van der Waals surface area (Å²) in [4.78, 5) is 55.4. The lowest BCUT2D eigenvalue weighted by molar-refractivity contribution is -0.156. The number of carbonyl (C=O) groups excluding carboxylic acids is 4. The number of nitrogens with zero attached hydrogens (tertiary/aromatic N) is 1. The fourth-order valence-electron chi connectivity index (χ4n) is 4.02. The molecule has 0 fully saturated rings. The summed E-state index contributed by atoms with van der Waals surface area (Å²) in [6.45, 7) is 10.3. The van der Waals surface area contributed by atoms with Crippen molar-refractivity contribution in [2.24, 2.45) is 11.1 Å². The average Bonchev–Trinajstić information content (AvgIpc) is 3.30. The number of Topliss-reactive ketones (excluding diaryl/α,β-unsaturated/α-hetero) is 1. The number of amides is 2. The van der Waals surface area contributed by atoms with Crippen LogP contribution in [0.25, 0.3) is 10.8 Å². The first-order valence-electron chi connectivity index (χ1n) is 12.4. The van der Waals surface area contributed by atoms with Gasteiger partial charge in [-0.1, -0.05) is 49.3 Å². The van der Waals surface area contributed by atoms with E-state index in [1.807, 2.05) is 50.2 Å². The van der Waals surface area contributed by atoms with E-state index in [1.54, 1.807) is 26.8 Å². The predicted octanol–water partition coefficient (Wildman–Crippen LogP) is 3.54. The molecule has 2 aromatic carbocycles. The first kappa shape index (κ1) is 27.8. The second-order valence-corrected chi connectivity index (χ2v) is 10.6. The molecule has 37 heavy (non-hydrogen) atoms. The number of benzene rings is 2. The highest BCUT2D eigenvalue weighted by Crippen LogP contribution is 2.20. The number of carbonyl (C=O) groups is 4. The molecule has 0 aromatic heterocycles. The van der Waals surface area contributed by atoms with Crippen molar-refractivity contribution in [3.63, 3.8) is 0 Å². The molecule has 0 aliphatic carbocycles. The highest BCUT2D eigenvalue weighted by atomic mass is 16.6. The molecule has 3 atom stereocenters. The van der Waals surface area contributed by atoms with Gasteiger partial charge in [-0.25, -0.2) is 0 Å². The summed E-state index contributed by atoms with van der Waals surface area (Å²) in [6.07, 6.45) is -1.12. The Labute approximate surface area is 216 Å². The highest BCUT2D eigenvalue weighted by Gasteiger charge is 2.36. The van der Waals surface area contributed by atoms with E-state index < -0.39 is 35.7 Å². The lowest BCUT2D eigenvalue weighted by Gasteiger charge is -2.23. The molecule has 0 saturated carbocycles. The van der Waals surface area contributed by atoms with Crippen LogP contribution in [-0.2, 0) is 24.0 Å². The van der Waals surface area contributed by atoms with Gasteiger partial charge in [0, 0.05) is 12.0 Å². The minimum Gasteiger partial charge on any atom is -0.460 e. The van der Waals surface area contributed by atoms with E-state index in [9.17, 15) is 19.2 Å². The molecule has 0 saturated heterocycles. The third-order valence-electron chi connectivity index (χ3n) is 5.91. The molecule has 0 bridgehead atoms. The summed E-state index contributed by atoms with van der Waals surface area (Å²) in [7, 11) is 0. The Kier molecular flexibility index (Phi) is 8.68. The van der Waals surface area contributed by atoms with Crippen LogP contribution in [-0.4, -0.2) is 53.1 Å². The summed E-state index contributed by atoms with van der Waals surface area (Å²) in [5.41, 5.74) is 0.337. The van der Waals surface area contributed by atoms with E-state index in [2.05, 4.69) is 15.8 Å². The second kappa shape index (κ2) is 11.5. The van der Waals surface area contributed by atoms with Crippen LogP contribution in [0, 0.1) is 5.92 Å². The summed E-state index contributed by atoms with van der Waals surface area (Å²) >= 11 is 0. The molecule has 2 amide bonds. The smallest absolute Gasteiger partial charge is 0.308 e. The molecule has 198 valence electrons. The fourth-order valence-corrected chi connectivity index (χ4v) is 4.02. The molecule has 1 aliphatic rings. The molecule has 0 spiro atoms. The van der Waals surface area contributed by atoms with Crippen molar-refractivity contribution in [2.75, 3.05) is 0 Å². The lowest BCUT2D eigenvalue weighted by atomic mass is 9.95. The number of fused-ring (bicyclic) bond motifs is 1. The lowest BCUT2D eigenvalue weighted by Crippen LogP contribution is -2.48.